The van der Waals surface area contributed by atoms with Crippen LogP contribution in [-0.2, 0) is 7.05 Å². The summed E-state index contributed by atoms with van der Waals surface area (Å²) in [7, 11) is 1.95. The van der Waals surface area contributed by atoms with Crippen molar-refractivity contribution in [2.45, 2.75) is 0 Å². The number of hydrogen-bond donors (Lipinski definition) is 2. The molecule has 2 aromatic heterocycles. The highest BCUT2D eigenvalue weighted by molar-refractivity contribution is 6.17. The van der Waals surface area contributed by atoms with Crippen molar-refractivity contribution in [2.24, 2.45) is 12.8 Å². The minimum absolute atomic E-state index is 0.424. The van der Waals surface area contributed by atoms with Gasteiger partial charge in [0, 0.05) is 24.0 Å². The molecule has 108 valence electrons. The Morgan fingerprint density at radius 2 is 1.91 bits per heavy atom. The van der Waals surface area contributed by atoms with E-state index in [0.29, 0.717) is 5.56 Å². The molecule has 5 heteroatoms. The zero-order valence-electron chi connectivity index (χ0n) is 12.0. The number of H-pyrrole nitrogens is 1. The Hall–Kier alpha value is -3.08. The molecule has 5 nitrogen and oxygen atoms in total. The molecule has 2 aromatic carbocycles. The number of carbonyl (C=O) groups excluding carboxylic acids is 1. The number of aromatic amines is 1. The van der Waals surface area contributed by atoms with Crippen molar-refractivity contribution >= 4 is 27.7 Å². The van der Waals surface area contributed by atoms with Crippen molar-refractivity contribution in [2.75, 3.05) is 0 Å². The van der Waals surface area contributed by atoms with Crippen molar-refractivity contribution in [3.05, 3.63) is 54.2 Å². The van der Waals surface area contributed by atoms with Crippen LogP contribution in [0, 0.1) is 0 Å². The summed E-state index contributed by atoms with van der Waals surface area (Å²) in [6.45, 7) is 0. The van der Waals surface area contributed by atoms with Crippen molar-refractivity contribution in [1.82, 2.24) is 14.8 Å². The Morgan fingerprint density at radius 3 is 2.64 bits per heavy atom. The highest BCUT2D eigenvalue weighted by atomic mass is 16.1. The molecule has 4 aromatic rings. The second kappa shape index (κ2) is 4.46. The maximum atomic E-state index is 12.1. The molecule has 0 bridgehead atoms. The number of benzene rings is 2. The number of primary amides is 1. The molecular formula is C17H14N4O. The van der Waals surface area contributed by atoms with Crippen LogP contribution >= 0.6 is 0 Å². The largest absolute Gasteiger partial charge is 0.366 e. The van der Waals surface area contributed by atoms with Gasteiger partial charge in [0.2, 0.25) is 0 Å². The standard InChI is InChI=1S/C17H14N4O/c1-21-15(10-5-3-2-4-6-10)14(17(18)22)11-7-8-13-12(16(11)21)9-19-20-13/h2-9H,1H3,(H2,18,22)(H,19,20). The maximum absolute atomic E-state index is 12.1. The summed E-state index contributed by atoms with van der Waals surface area (Å²) in [6.07, 6.45) is 1.84. The normalized spacial score (nSPS) is 11.3. The molecule has 0 aliphatic rings. The van der Waals surface area contributed by atoms with E-state index >= 15 is 0 Å². The molecule has 0 radical (unpaired) electrons. The van der Waals surface area contributed by atoms with Gasteiger partial charge in [-0.25, -0.2) is 0 Å². The average molecular weight is 290 g/mol. The first-order valence-electron chi connectivity index (χ1n) is 6.98. The number of aromatic nitrogens is 3. The van der Waals surface area contributed by atoms with Gasteiger partial charge in [-0.1, -0.05) is 30.3 Å². The number of aryl methyl sites for hydroxylation is 1. The van der Waals surface area contributed by atoms with Gasteiger partial charge in [0.05, 0.1) is 22.3 Å². The SMILES string of the molecule is Cn1c(-c2ccccc2)c(C(N)=O)c2ccc3n[nH]cc3c21. The number of rotatable bonds is 2. The summed E-state index contributed by atoms with van der Waals surface area (Å²) in [5.41, 5.74) is 9.84. The molecule has 0 unspecified atom stereocenters. The Balaban J connectivity index is 2.22. The lowest BCUT2D eigenvalue weighted by atomic mass is 10.0. The third-order valence-electron chi connectivity index (χ3n) is 4.06. The van der Waals surface area contributed by atoms with Gasteiger partial charge in [0.1, 0.15) is 0 Å². The number of nitrogens with two attached hydrogens (primary N) is 1. The first-order chi connectivity index (χ1) is 10.7. The fourth-order valence-electron chi connectivity index (χ4n) is 3.16. The quantitative estimate of drug-likeness (QED) is 0.595. The number of fused-ring (bicyclic) bond motifs is 3. The van der Waals surface area contributed by atoms with Crippen LogP contribution in [0.25, 0.3) is 33.1 Å². The minimum atomic E-state index is -0.424. The van der Waals surface area contributed by atoms with Gasteiger partial charge < -0.3 is 10.3 Å². The van der Waals surface area contributed by atoms with Crippen LogP contribution < -0.4 is 5.73 Å². The zero-order chi connectivity index (χ0) is 15.3. The fraction of sp³-hybridized carbons (Fsp3) is 0.0588. The van der Waals surface area contributed by atoms with Crippen molar-refractivity contribution in [3.8, 4) is 11.3 Å². The van der Waals surface area contributed by atoms with Gasteiger partial charge in [0.15, 0.2) is 0 Å². The van der Waals surface area contributed by atoms with Crippen molar-refractivity contribution in [3.63, 3.8) is 0 Å². The van der Waals surface area contributed by atoms with E-state index in [4.69, 9.17) is 5.73 Å². The van der Waals surface area contributed by atoms with Crippen LogP contribution in [-0.4, -0.2) is 20.7 Å². The lowest BCUT2D eigenvalue weighted by Gasteiger charge is -2.06. The van der Waals surface area contributed by atoms with E-state index in [0.717, 1.165) is 33.1 Å². The van der Waals surface area contributed by atoms with Gasteiger partial charge in [-0.3, -0.25) is 9.89 Å². The average Bonchev–Trinajstić information content (AvgIpc) is 3.10. The second-order valence-electron chi connectivity index (χ2n) is 5.29. The number of nitrogens with one attached hydrogen (secondary N) is 1. The zero-order valence-corrected chi connectivity index (χ0v) is 12.0. The summed E-state index contributed by atoms with van der Waals surface area (Å²) in [4.78, 5) is 12.1. The predicted molar refractivity (Wildman–Crippen MR) is 86.5 cm³/mol. The molecule has 0 aliphatic carbocycles. The highest BCUT2D eigenvalue weighted by Gasteiger charge is 2.22. The van der Waals surface area contributed by atoms with Gasteiger partial charge in [-0.15, -0.1) is 0 Å². The van der Waals surface area contributed by atoms with Crippen LogP contribution in [0.2, 0.25) is 0 Å². The van der Waals surface area contributed by atoms with E-state index < -0.39 is 5.91 Å². The molecule has 22 heavy (non-hydrogen) atoms. The van der Waals surface area contributed by atoms with Gasteiger partial charge in [-0.2, -0.15) is 5.10 Å². The first kappa shape index (κ1) is 12.6. The third-order valence-corrected chi connectivity index (χ3v) is 4.06. The molecule has 0 saturated carbocycles. The predicted octanol–water partition coefficient (Wildman–Crippen LogP) is 2.82. The Morgan fingerprint density at radius 1 is 1.14 bits per heavy atom. The Labute approximate surface area is 126 Å². The summed E-state index contributed by atoms with van der Waals surface area (Å²) < 4.78 is 2.02. The number of nitrogens with zero attached hydrogens (tertiary/aromatic N) is 2. The molecule has 2 heterocycles. The van der Waals surface area contributed by atoms with E-state index in [1.165, 1.54) is 0 Å². The molecule has 1 amide bonds. The Bertz CT molecular complexity index is 1010. The first-order valence-corrected chi connectivity index (χ1v) is 6.98. The van der Waals surface area contributed by atoms with Gasteiger partial charge >= 0.3 is 0 Å². The summed E-state index contributed by atoms with van der Waals surface area (Å²) >= 11 is 0. The molecule has 0 saturated heterocycles. The molecule has 3 N–H and O–H groups in total. The lowest BCUT2D eigenvalue weighted by molar-refractivity contribution is 0.100. The molecule has 0 fully saturated rings. The van der Waals surface area contributed by atoms with Crippen LogP contribution in [0.5, 0.6) is 0 Å². The van der Waals surface area contributed by atoms with Crippen LogP contribution in [0.4, 0.5) is 0 Å². The number of amides is 1. The Kier molecular flexibility index (Phi) is 2.56. The monoisotopic (exact) mass is 290 g/mol. The van der Waals surface area contributed by atoms with Crippen molar-refractivity contribution < 1.29 is 4.79 Å². The van der Waals surface area contributed by atoms with E-state index in [9.17, 15) is 4.79 Å². The summed E-state index contributed by atoms with van der Waals surface area (Å²) in [5, 5.41) is 8.91. The van der Waals surface area contributed by atoms with E-state index in [2.05, 4.69) is 10.2 Å². The second-order valence-corrected chi connectivity index (χ2v) is 5.29. The minimum Gasteiger partial charge on any atom is -0.366 e. The van der Waals surface area contributed by atoms with E-state index in [1.54, 1.807) is 0 Å². The highest BCUT2D eigenvalue weighted by Crippen LogP contribution is 2.35. The van der Waals surface area contributed by atoms with Gasteiger partial charge in [0.25, 0.3) is 5.91 Å². The molecule has 0 atom stereocenters. The third kappa shape index (κ3) is 1.59. The van der Waals surface area contributed by atoms with Crippen LogP contribution in [0.1, 0.15) is 10.4 Å². The lowest BCUT2D eigenvalue weighted by Crippen LogP contribution is -2.12. The summed E-state index contributed by atoms with van der Waals surface area (Å²) in [6, 6.07) is 13.6. The molecule has 0 aliphatic heterocycles. The van der Waals surface area contributed by atoms with E-state index in [-0.39, 0.29) is 0 Å². The number of hydrogen-bond acceptors (Lipinski definition) is 2. The van der Waals surface area contributed by atoms with Crippen LogP contribution in [0.3, 0.4) is 0 Å². The number of carbonyl (C=O) groups is 1. The van der Waals surface area contributed by atoms with E-state index in [1.807, 2.05) is 60.3 Å². The molecule has 4 rings (SSSR count). The summed E-state index contributed by atoms with van der Waals surface area (Å²) in [5.74, 6) is -0.424. The fourth-order valence-corrected chi connectivity index (χ4v) is 3.16. The molecule has 0 spiro atoms. The smallest absolute Gasteiger partial charge is 0.251 e. The molecular weight excluding hydrogens is 276 g/mol. The van der Waals surface area contributed by atoms with Crippen LogP contribution in [0.15, 0.2) is 48.7 Å². The maximum Gasteiger partial charge on any atom is 0.251 e. The van der Waals surface area contributed by atoms with Crippen molar-refractivity contribution in [1.29, 1.82) is 0 Å². The van der Waals surface area contributed by atoms with Gasteiger partial charge in [-0.05, 0) is 17.7 Å². The topological polar surface area (TPSA) is 76.7 Å².